The topological polar surface area (TPSA) is 59.1 Å². The van der Waals surface area contributed by atoms with E-state index in [1.165, 1.54) is 5.56 Å². The first kappa shape index (κ1) is 13.3. The first-order valence-electron chi connectivity index (χ1n) is 5.29. The number of ether oxygens (including phenoxy) is 2. The molecule has 0 saturated carbocycles. The van der Waals surface area contributed by atoms with Gasteiger partial charge in [0.2, 0.25) is 0 Å². The summed E-state index contributed by atoms with van der Waals surface area (Å²) in [4.78, 5) is 9.25. The minimum absolute atomic E-state index is 0.338. The molecule has 0 bridgehead atoms. The van der Waals surface area contributed by atoms with E-state index in [0.29, 0.717) is 12.7 Å². The van der Waals surface area contributed by atoms with Crippen LogP contribution in [0.2, 0.25) is 0 Å². The number of benzene rings is 1. The predicted molar refractivity (Wildman–Crippen MR) is 64.2 cm³/mol. The summed E-state index contributed by atoms with van der Waals surface area (Å²) in [6.45, 7) is 6.54. The molecule has 1 fully saturated rings. The van der Waals surface area contributed by atoms with Crippen molar-refractivity contribution in [1.29, 1.82) is 0 Å². The van der Waals surface area contributed by atoms with Crippen molar-refractivity contribution in [3.63, 3.8) is 0 Å². The highest BCUT2D eigenvalue weighted by molar-refractivity contribution is 5.78. The summed E-state index contributed by atoms with van der Waals surface area (Å²) in [5, 5.41) is 7.60. The van der Waals surface area contributed by atoms with Gasteiger partial charge in [-0.1, -0.05) is 24.8 Å². The Morgan fingerprint density at radius 1 is 1.65 bits per heavy atom. The van der Waals surface area contributed by atoms with Gasteiger partial charge in [0.1, 0.15) is 18.5 Å². The minimum atomic E-state index is -0.981. The maximum absolute atomic E-state index is 9.25. The summed E-state index contributed by atoms with van der Waals surface area (Å²) in [5.74, 6) is -0.0157. The number of hydrogen-bond acceptors (Lipinski definition) is 3. The maximum atomic E-state index is 9.25. The van der Waals surface area contributed by atoms with Crippen LogP contribution in [0.4, 0.5) is 0 Å². The van der Waals surface area contributed by atoms with Gasteiger partial charge in [-0.2, -0.15) is 0 Å². The van der Waals surface area contributed by atoms with E-state index in [-0.39, 0.29) is 0 Å². The van der Waals surface area contributed by atoms with Gasteiger partial charge in [-0.25, -0.2) is 4.79 Å². The summed E-state index contributed by atoms with van der Waals surface area (Å²) in [6, 6.07) is 8.02. The number of carbonyl (C=O) groups is 1. The van der Waals surface area contributed by atoms with Crippen LogP contribution in [0, 0.1) is 6.92 Å². The van der Waals surface area contributed by atoms with Crippen LogP contribution < -0.4 is 4.74 Å². The molecule has 1 atom stereocenters. The Morgan fingerprint density at radius 2 is 2.24 bits per heavy atom. The third-order valence-corrected chi connectivity index (χ3v) is 2.10. The van der Waals surface area contributed by atoms with Crippen LogP contribution in [0.15, 0.2) is 36.9 Å². The molecular weight excluding hydrogens is 220 g/mol. The average Bonchev–Trinajstić information content (AvgIpc) is 3.13. The van der Waals surface area contributed by atoms with Crippen LogP contribution in [0.1, 0.15) is 5.56 Å². The van der Waals surface area contributed by atoms with E-state index >= 15 is 0 Å². The Hall–Kier alpha value is -1.81. The first-order chi connectivity index (χ1) is 8.13. The third kappa shape index (κ3) is 5.73. The number of carboxylic acid groups (broad SMARTS) is 1. The van der Waals surface area contributed by atoms with Crippen molar-refractivity contribution < 1.29 is 19.4 Å². The molecule has 4 heteroatoms. The fourth-order valence-electron chi connectivity index (χ4n) is 1.07. The number of para-hydroxylation sites is 1. The van der Waals surface area contributed by atoms with Crippen LogP contribution in [0.5, 0.6) is 5.75 Å². The van der Waals surface area contributed by atoms with Gasteiger partial charge in [0.15, 0.2) is 0 Å². The zero-order valence-corrected chi connectivity index (χ0v) is 9.76. The Morgan fingerprint density at radius 3 is 2.71 bits per heavy atom. The van der Waals surface area contributed by atoms with Crippen molar-refractivity contribution >= 4 is 5.97 Å². The quantitative estimate of drug-likeness (QED) is 0.642. The highest BCUT2D eigenvalue weighted by Crippen LogP contribution is 2.18. The molecule has 1 N–H and O–H groups in total. The first-order valence-corrected chi connectivity index (χ1v) is 5.29. The normalized spacial score (nSPS) is 16.4. The molecule has 1 aromatic rings. The molecule has 1 aromatic carbocycles. The van der Waals surface area contributed by atoms with E-state index in [1.807, 2.05) is 31.2 Å². The van der Waals surface area contributed by atoms with Crippen molar-refractivity contribution in [3.8, 4) is 5.75 Å². The summed E-state index contributed by atoms with van der Waals surface area (Å²) in [7, 11) is 0. The Bertz CT molecular complexity index is 383. The van der Waals surface area contributed by atoms with Gasteiger partial charge in [0, 0.05) is 6.08 Å². The highest BCUT2D eigenvalue weighted by atomic mass is 16.6. The lowest BCUT2D eigenvalue weighted by Gasteiger charge is -2.06. The lowest BCUT2D eigenvalue weighted by Crippen LogP contribution is -2.04. The van der Waals surface area contributed by atoms with Crippen LogP contribution in [-0.2, 0) is 9.53 Å². The number of epoxide rings is 1. The van der Waals surface area contributed by atoms with Crippen LogP contribution >= 0.6 is 0 Å². The zero-order valence-electron chi connectivity index (χ0n) is 9.76. The molecule has 0 spiro atoms. The number of aryl methyl sites for hydroxylation is 1. The molecule has 0 radical (unpaired) electrons. The number of hydrogen-bond donors (Lipinski definition) is 1. The molecule has 1 unspecified atom stereocenters. The van der Waals surface area contributed by atoms with Crippen molar-refractivity contribution in [3.05, 3.63) is 42.5 Å². The molecule has 0 aromatic heterocycles. The van der Waals surface area contributed by atoms with Gasteiger partial charge in [-0.15, -0.1) is 0 Å². The Kier molecular flexibility index (Phi) is 5.23. The van der Waals surface area contributed by atoms with E-state index in [0.717, 1.165) is 18.4 Å². The van der Waals surface area contributed by atoms with Gasteiger partial charge in [0.05, 0.1) is 6.61 Å². The molecule has 1 aliphatic rings. The summed E-state index contributed by atoms with van der Waals surface area (Å²) < 4.78 is 10.6. The minimum Gasteiger partial charge on any atom is -0.491 e. The SMILES string of the molecule is C=CC(=O)O.Cc1ccccc1OCC1CO1. The number of carboxylic acids is 1. The molecule has 92 valence electrons. The fraction of sp³-hybridized carbons (Fsp3) is 0.308. The predicted octanol–water partition coefficient (Wildman–Crippen LogP) is 2.03. The van der Waals surface area contributed by atoms with Crippen molar-refractivity contribution in [2.24, 2.45) is 0 Å². The van der Waals surface area contributed by atoms with Crippen LogP contribution in [-0.4, -0.2) is 30.4 Å². The zero-order chi connectivity index (χ0) is 12.7. The molecule has 1 heterocycles. The second kappa shape index (κ2) is 6.70. The van der Waals surface area contributed by atoms with E-state index < -0.39 is 5.97 Å². The van der Waals surface area contributed by atoms with Gasteiger partial charge >= 0.3 is 5.97 Å². The van der Waals surface area contributed by atoms with Gasteiger partial charge < -0.3 is 14.6 Å². The molecule has 2 rings (SSSR count). The highest BCUT2D eigenvalue weighted by Gasteiger charge is 2.23. The smallest absolute Gasteiger partial charge is 0.327 e. The van der Waals surface area contributed by atoms with Crippen LogP contribution in [0.25, 0.3) is 0 Å². The molecule has 0 aliphatic carbocycles. The maximum Gasteiger partial charge on any atom is 0.327 e. The summed E-state index contributed by atoms with van der Waals surface area (Å²) in [6.07, 6.45) is 1.17. The van der Waals surface area contributed by atoms with E-state index in [1.54, 1.807) is 0 Å². The van der Waals surface area contributed by atoms with Crippen LogP contribution in [0.3, 0.4) is 0 Å². The van der Waals surface area contributed by atoms with E-state index in [2.05, 4.69) is 6.58 Å². The Balaban J connectivity index is 0.000000249. The molecular formula is C13H16O4. The molecule has 4 nitrogen and oxygen atoms in total. The largest absolute Gasteiger partial charge is 0.491 e. The molecule has 0 amide bonds. The lowest BCUT2D eigenvalue weighted by molar-refractivity contribution is -0.131. The van der Waals surface area contributed by atoms with E-state index in [9.17, 15) is 4.79 Å². The van der Waals surface area contributed by atoms with Gasteiger partial charge in [-0.05, 0) is 18.6 Å². The number of aliphatic carboxylic acids is 1. The summed E-state index contributed by atoms with van der Waals surface area (Å²) in [5.41, 5.74) is 1.18. The standard InChI is InChI=1S/C10H12O2.C3H4O2/c1-8-4-2-3-5-10(8)12-7-9-6-11-9;1-2-3(4)5/h2-5,9H,6-7H2,1H3;2H,1H2,(H,4,5). The van der Waals surface area contributed by atoms with Gasteiger partial charge in [0.25, 0.3) is 0 Å². The molecule has 1 saturated heterocycles. The summed E-state index contributed by atoms with van der Waals surface area (Å²) >= 11 is 0. The van der Waals surface area contributed by atoms with Crippen molar-refractivity contribution in [1.82, 2.24) is 0 Å². The monoisotopic (exact) mass is 236 g/mol. The second-order valence-corrected chi connectivity index (χ2v) is 3.57. The fourth-order valence-corrected chi connectivity index (χ4v) is 1.07. The lowest BCUT2D eigenvalue weighted by atomic mass is 10.2. The van der Waals surface area contributed by atoms with Crippen molar-refractivity contribution in [2.45, 2.75) is 13.0 Å². The number of rotatable bonds is 4. The molecule has 1 aliphatic heterocycles. The van der Waals surface area contributed by atoms with E-state index in [4.69, 9.17) is 14.6 Å². The molecule has 17 heavy (non-hydrogen) atoms. The average molecular weight is 236 g/mol. The third-order valence-electron chi connectivity index (χ3n) is 2.10. The second-order valence-electron chi connectivity index (χ2n) is 3.57. The van der Waals surface area contributed by atoms with Gasteiger partial charge in [-0.3, -0.25) is 0 Å². The Labute approximate surface area is 100 Å². The van der Waals surface area contributed by atoms with Crippen molar-refractivity contribution in [2.75, 3.05) is 13.2 Å².